The van der Waals surface area contributed by atoms with Crippen LogP contribution in [0.5, 0.6) is 0 Å². The largest absolute Gasteiger partial charge is 0.464 e. The number of amides is 2. The summed E-state index contributed by atoms with van der Waals surface area (Å²) in [6.45, 7) is 6.23. The van der Waals surface area contributed by atoms with Crippen LogP contribution in [0.2, 0.25) is 0 Å². The van der Waals surface area contributed by atoms with Gasteiger partial charge in [0.05, 0.1) is 12.6 Å². The highest BCUT2D eigenvalue weighted by Gasteiger charge is 2.31. The predicted molar refractivity (Wildman–Crippen MR) is 110 cm³/mol. The van der Waals surface area contributed by atoms with Gasteiger partial charge < -0.3 is 19.7 Å². The van der Waals surface area contributed by atoms with E-state index in [4.69, 9.17) is 9.47 Å². The molecule has 9 nitrogen and oxygen atoms in total. The van der Waals surface area contributed by atoms with Gasteiger partial charge in [-0.25, -0.2) is 9.59 Å². The SMILES string of the molecule is COC(=O)c1n[nH]c2ccc(NC(=O)C3CN(C(=O)OC(C)(C)C)CCS3)cc12. The summed E-state index contributed by atoms with van der Waals surface area (Å²) in [6.07, 6.45) is -0.418. The zero-order valence-corrected chi connectivity index (χ0v) is 17.6. The molecule has 0 spiro atoms. The lowest BCUT2D eigenvalue weighted by molar-refractivity contribution is -0.116. The van der Waals surface area contributed by atoms with Crippen molar-refractivity contribution < 1.29 is 23.9 Å². The van der Waals surface area contributed by atoms with Gasteiger partial charge in [0.25, 0.3) is 0 Å². The zero-order chi connectivity index (χ0) is 21.2. The fourth-order valence-corrected chi connectivity index (χ4v) is 3.97. The van der Waals surface area contributed by atoms with Gasteiger partial charge >= 0.3 is 12.1 Å². The number of nitrogens with zero attached hydrogens (tertiary/aromatic N) is 2. The van der Waals surface area contributed by atoms with E-state index in [1.54, 1.807) is 23.1 Å². The molecule has 2 amide bonds. The number of methoxy groups -OCH3 is 1. The van der Waals surface area contributed by atoms with Crippen molar-refractivity contribution in [3.8, 4) is 0 Å². The molecule has 2 N–H and O–H groups in total. The topological polar surface area (TPSA) is 114 Å². The minimum atomic E-state index is -0.587. The third kappa shape index (κ3) is 5.00. The van der Waals surface area contributed by atoms with Gasteiger partial charge in [-0.15, -0.1) is 11.8 Å². The summed E-state index contributed by atoms with van der Waals surface area (Å²) in [6, 6.07) is 5.12. The van der Waals surface area contributed by atoms with E-state index in [0.717, 1.165) is 0 Å². The van der Waals surface area contributed by atoms with Crippen LogP contribution in [0.1, 0.15) is 31.3 Å². The Balaban J connectivity index is 1.69. The van der Waals surface area contributed by atoms with Crippen LogP contribution in [0.25, 0.3) is 10.9 Å². The van der Waals surface area contributed by atoms with Gasteiger partial charge in [0, 0.05) is 29.9 Å². The molecule has 1 aliphatic heterocycles. The van der Waals surface area contributed by atoms with E-state index in [1.165, 1.54) is 18.9 Å². The molecule has 1 fully saturated rings. The number of aromatic nitrogens is 2. The average Bonchev–Trinajstić information content (AvgIpc) is 3.09. The highest BCUT2D eigenvalue weighted by Crippen LogP contribution is 2.25. The van der Waals surface area contributed by atoms with Gasteiger partial charge in [-0.1, -0.05) is 0 Å². The molecular formula is C19H24N4O5S. The lowest BCUT2D eigenvalue weighted by Gasteiger charge is -2.33. The highest BCUT2D eigenvalue weighted by atomic mass is 32.2. The maximum atomic E-state index is 12.7. The first-order valence-electron chi connectivity index (χ1n) is 9.15. The second-order valence-electron chi connectivity index (χ2n) is 7.60. The number of carbonyl (C=O) groups is 3. The molecule has 1 saturated heterocycles. The number of hydrogen-bond donors (Lipinski definition) is 2. The molecule has 0 bridgehead atoms. The van der Waals surface area contributed by atoms with E-state index in [1.807, 2.05) is 20.8 Å². The van der Waals surface area contributed by atoms with Gasteiger partial charge in [-0.2, -0.15) is 5.10 Å². The van der Waals surface area contributed by atoms with E-state index in [0.29, 0.717) is 28.9 Å². The number of aromatic amines is 1. The van der Waals surface area contributed by atoms with Crippen molar-refractivity contribution in [1.82, 2.24) is 15.1 Å². The Labute approximate surface area is 172 Å². The van der Waals surface area contributed by atoms with Crippen LogP contribution >= 0.6 is 11.8 Å². The molecule has 10 heteroatoms. The van der Waals surface area contributed by atoms with Crippen molar-refractivity contribution in [2.24, 2.45) is 0 Å². The van der Waals surface area contributed by atoms with E-state index in [9.17, 15) is 14.4 Å². The Morgan fingerprint density at radius 2 is 2.07 bits per heavy atom. The van der Waals surface area contributed by atoms with E-state index >= 15 is 0 Å². The quantitative estimate of drug-likeness (QED) is 0.734. The number of H-pyrrole nitrogens is 1. The maximum Gasteiger partial charge on any atom is 0.410 e. The van der Waals surface area contributed by atoms with Crippen LogP contribution in [-0.2, 0) is 14.3 Å². The molecule has 2 aromatic rings. The number of esters is 1. The summed E-state index contributed by atoms with van der Waals surface area (Å²) >= 11 is 1.49. The number of rotatable bonds is 3. The Bertz CT molecular complexity index is 936. The molecule has 2 heterocycles. The number of nitrogens with one attached hydrogen (secondary N) is 2. The Morgan fingerprint density at radius 3 is 2.76 bits per heavy atom. The first kappa shape index (κ1) is 21.0. The van der Waals surface area contributed by atoms with Gasteiger partial charge in [0.15, 0.2) is 5.69 Å². The number of thioether (sulfide) groups is 1. The molecule has 0 aliphatic carbocycles. The molecule has 1 unspecified atom stereocenters. The molecule has 29 heavy (non-hydrogen) atoms. The third-order valence-electron chi connectivity index (χ3n) is 4.22. The summed E-state index contributed by atoms with van der Waals surface area (Å²) in [5, 5.41) is 9.71. The number of ether oxygens (including phenoxy) is 2. The number of carbonyl (C=O) groups excluding carboxylic acids is 3. The maximum absolute atomic E-state index is 12.7. The lowest BCUT2D eigenvalue weighted by Crippen LogP contribution is -2.47. The van der Waals surface area contributed by atoms with Crippen molar-refractivity contribution in [2.75, 3.05) is 31.3 Å². The van der Waals surface area contributed by atoms with Crippen LogP contribution < -0.4 is 5.32 Å². The first-order chi connectivity index (χ1) is 13.7. The van der Waals surface area contributed by atoms with E-state index in [2.05, 4.69) is 15.5 Å². The predicted octanol–water partition coefficient (Wildman–Crippen LogP) is 2.64. The third-order valence-corrected chi connectivity index (χ3v) is 5.40. The van der Waals surface area contributed by atoms with Crippen molar-refractivity contribution in [3.05, 3.63) is 23.9 Å². The van der Waals surface area contributed by atoms with Crippen molar-refractivity contribution in [1.29, 1.82) is 0 Å². The normalized spacial score (nSPS) is 17.1. The summed E-state index contributed by atoms with van der Waals surface area (Å²) in [5.41, 5.74) is 0.758. The van der Waals surface area contributed by atoms with Gasteiger partial charge in [0.2, 0.25) is 5.91 Å². The molecule has 1 aromatic heterocycles. The van der Waals surface area contributed by atoms with Gasteiger partial charge in [-0.3, -0.25) is 9.89 Å². The van der Waals surface area contributed by atoms with E-state index < -0.39 is 22.9 Å². The first-order valence-corrected chi connectivity index (χ1v) is 10.2. The van der Waals surface area contributed by atoms with Crippen molar-refractivity contribution >= 4 is 46.3 Å². The summed E-state index contributed by atoms with van der Waals surface area (Å²) in [4.78, 5) is 38.4. The summed E-state index contributed by atoms with van der Waals surface area (Å²) in [5.74, 6) is -0.133. The molecule has 3 rings (SSSR count). The second kappa shape index (κ2) is 8.32. The number of hydrogen-bond acceptors (Lipinski definition) is 7. The van der Waals surface area contributed by atoms with Crippen LogP contribution in [0.4, 0.5) is 10.5 Å². The highest BCUT2D eigenvalue weighted by molar-refractivity contribution is 8.00. The minimum absolute atomic E-state index is 0.154. The summed E-state index contributed by atoms with van der Waals surface area (Å²) < 4.78 is 10.1. The molecule has 0 saturated carbocycles. The van der Waals surface area contributed by atoms with Crippen LogP contribution in [0.15, 0.2) is 18.2 Å². The van der Waals surface area contributed by atoms with Gasteiger partial charge in [-0.05, 0) is 39.0 Å². The molecule has 1 aromatic carbocycles. The Morgan fingerprint density at radius 1 is 1.31 bits per heavy atom. The molecule has 156 valence electrons. The fraction of sp³-hybridized carbons (Fsp3) is 0.474. The van der Waals surface area contributed by atoms with Crippen LogP contribution in [0.3, 0.4) is 0 Å². The number of anilines is 1. The standard InChI is InChI=1S/C19H24N4O5S/c1-19(2,3)28-18(26)23-7-8-29-14(10-23)16(24)20-11-5-6-13-12(9-11)15(22-21-13)17(25)27-4/h5-6,9,14H,7-8,10H2,1-4H3,(H,20,24)(H,21,22). The molecule has 1 aliphatic rings. The minimum Gasteiger partial charge on any atom is -0.464 e. The smallest absolute Gasteiger partial charge is 0.410 e. The lowest BCUT2D eigenvalue weighted by atomic mass is 10.2. The molecular weight excluding hydrogens is 396 g/mol. The fourth-order valence-electron chi connectivity index (χ4n) is 2.87. The summed E-state index contributed by atoms with van der Waals surface area (Å²) in [7, 11) is 1.28. The van der Waals surface area contributed by atoms with Gasteiger partial charge in [0.1, 0.15) is 10.9 Å². The average molecular weight is 420 g/mol. The molecule has 0 radical (unpaired) electrons. The van der Waals surface area contributed by atoms with Crippen molar-refractivity contribution in [2.45, 2.75) is 31.6 Å². The van der Waals surface area contributed by atoms with Crippen LogP contribution in [-0.4, -0.2) is 69.9 Å². The number of fused-ring (bicyclic) bond motifs is 1. The van der Waals surface area contributed by atoms with Crippen LogP contribution in [0, 0.1) is 0 Å². The molecule has 1 atom stereocenters. The van der Waals surface area contributed by atoms with Crippen molar-refractivity contribution in [3.63, 3.8) is 0 Å². The Kier molecular flexibility index (Phi) is 6.02. The zero-order valence-electron chi connectivity index (χ0n) is 16.8. The van der Waals surface area contributed by atoms with E-state index in [-0.39, 0.29) is 18.1 Å². The monoisotopic (exact) mass is 420 g/mol. The second-order valence-corrected chi connectivity index (χ2v) is 8.91. The Hall–Kier alpha value is -2.75. The number of benzene rings is 1.